The maximum Gasteiger partial charge on any atom is 0.339 e. The Kier molecular flexibility index (Phi) is 4.29. The summed E-state index contributed by atoms with van der Waals surface area (Å²) in [6, 6.07) is 4.53. The van der Waals surface area contributed by atoms with Crippen LogP contribution in [0.4, 0.5) is 4.79 Å². The lowest BCUT2D eigenvalue weighted by atomic mass is 10.2. The van der Waals surface area contributed by atoms with E-state index in [-0.39, 0.29) is 24.0 Å². The molecule has 108 valence electrons. The second-order valence-electron chi connectivity index (χ2n) is 4.21. The van der Waals surface area contributed by atoms with Crippen LogP contribution in [-0.4, -0.2) is 55.4 Å². The number of urea groups is 1. The third kappa shape index (κ3) is 2.93. The predicted octanol–water partition coefficient (Wildman–Crippen LogP) is 0.797. The topological polar surface area (TPSA) is 88.1 Å². The van der Waals surface area contributed by atoms with Crippen molar-refractivity contribution < 1.29 is 24.2 Å². The summed E-state index contributed by atoms with van der Waals surface area (Å²) in [4.78, 5) is 24.1. The molecule has 1 aromatic carbocycles. The zero-order valence-corrected chi connectivity index (χ0v) is 11.1. The maximum absolute atomic E-state index is 11.4. The summed E-state index contributed by atoms with van der Waals surface area (Å²) in [6.07, 6.45) is 0. The molecule has 0 unspecified atom stereocenters. The van der Waals surface area contributed by atoms with E-state index in [1.807, 2.05) is 0 Å². The highest BCUT2D eigenvalue weighted by molar-refractivity contribution is 5.92. The molecule has 7 nitrogen and oxygen atoms in total. The van der Waals surface area contributed by atoms with E-state index in [0.717, 1.165) is 0 Å². The average Bonchev–Trinajstić information content (AvgIpc) is 2.84. The van der Waals surface area contributed by atoms with Gasteiger partial charge in [0.25, 0.3) is 0 Å². The smallest absolute Gasteiger partial charge is 0.339 e. The number of hydrogen-bond acceptors (Lipinski definition) is 4. The van der Waals surface area contributed by atoms with Crippen molar-refractivity contribution in [2.24, 2.45) is 0 Å². The van der Waals surface area contributed by atoms with Gasteiger partial charge < -0.3 is 24.8 Å². The van der Waals surface area contributed by atoms with E-state index in [4.69, 9.17) is 14.6 Å². The lowest BCUT2D eigenvalue weighted by Gasteiger charge is -2.16. The van der Waals surface area contributed by atoms with E-state index >= 15 is 0 Å². The van der Waals surface area contributed by atoms with Gasteiger partial charge in [0.15, 0.2) is 11.5 Å². The fraction of sp³-hybridized carbons (Fsp3) is 0.385. The minimum Gasteiger partial charge on any atom is -0.493 e. The summed E-state index contributed by atoms with van der Waals surface area (Å²) < 4.78 is 10.6. The summed E-state index contributed by atoms with van der Waals surface area (Å²) in [5, 5.41) is 11.8. The Balaban J connectivity index is 2.04. The Bertz CT molecular complexity index is 517. The Morgan fingerprint density at radius 2 is 2.30 bits per heavy atom. The summed E-state index contributed by atoms with van der Waals surface area (Å²) in [7, 11) is 1.45. The van der Waals surface area contributed by atoms with Crippen LogP contribution in [0.3, 0.4) is 0 Å². The van der Waals surface area contributed by atoms with Gasteiger partial charge in [-0.3, -0.25) is 0 Å². The van der Waals surface area contributed by atoms with Crippen LogP contribution in [-0.2, 0) is 0 Å². The van der Waals surface area contributed by atoms with Crippen LogP contribution < -0.4 is 14.8 Å². The number of benzene rings is 1. The first-order chi connectivity index (χ1) is 9.63. The Morgan fingerprint density at radius 3 is 2.90 bits per heavy atom. The Hall–Kier alpha value is -2.44. The first-order valence-electron chi connectivity index (χ1n) is 6.19. The van der Waals surface area contributed by atoms with Gasteiger partial charge in [0.05, 0.1) is 13.7 Å². The molecule has 0 radical (unpaired) electrons. The molecule has 0 aliphatic carbocycles. The molecular formula is C13H16N2O5. The highest BCUT2D eigenvalue weighted by atomic mass is 16.5. The minimum absolute atomic E-state index is 0.0372. The number of ether oxygens (including phenoxy) is 2. The molecule has 7 heteroatoms. The Morgan fingerprint density at radius 1 is 1.50 bits per heavy atom. The van der Waals surface area contributed by atoms with E-state index in [0.29, 0.717) is 25.4 Å². The van der Waals surface area contributed by atoms with Crippen molar-refractivity contribution in [3.05, 3.63) is 23.8 Å². The summed E-state index contributed by atoms with van der Waals surface area (Å²) in [5.41, 5.74) is 0.0372. The van der Waals surface area contributed by atoms with Crippen LogP contribution in [0.15, 0.2) is 18.2 Å². The van der Waals surface area contributed by atoms with Crippen LogP contribution in [0.25, 0.3) is 0 Å². The molecule has 1 fully saturated rings. The molecule has 2 amide bonds. The molecule has 0 spiro atoms. The van der Waals surface area contributed by atoms with Crippen molar-refractivity contribution in [2.75, 3.05) is 33.4 Å². The van der Waals surface area contributed by atoms with Crippen molar-refractivity contribution in [1.29, 1.82) is 0 Å². The second-order valence-corrected chi connectivity index (χ2v) is 4.21. The monoisotopic (exact) mass is 280 g/mol. The van der Waals surface area contributed by atoms with Crippen molar-refractivity contribution in [1.82, 2.24) is 10.2 Å². The Labute approximate surface area is 116 Å². The highest BCUT2D eigenvalue weighted by Gasteiger charge is 2.20. The van der Waals surface area contributed by atoms with Crippen LogP contribution in [0.1, 0.15) is 10.4 Å². The van der Waals surface area contributed by atoms with Crippen LogP contribution in [0.5, 0.6) is 11.5 Å². The predicted molar refractivity (Wildman–Crippen MR) is 70.4 cm³/mol. The number of hydrogen-bond donors (Lipinski definition) is 2. The number of carboxylic acids is 1. The molecule has 0 aromatic heterocycles. The fourth-order valence-corrected chi connectivity index (χ4v) is 1.98. The van der Waals surface area contributed by atoms with Gasteiger partial charge in [-0.05, 0) is 12.1 Å². The van der Waals surface area contributed by atoms with Gasteiger partial charge >= 0.3 is 12.0 Å². The second kappa shape index (κ2) is 6.14. The number of para-hydroxylation sites is 1. The molecule has 0 saturated carbocycles. The molecule has 2 rings (SSSR count). The van der Waals surface area contributed by atoms with Crippen molar-refractivity contribution in [3.63, 3.8) is 0 Å². The molecule has 0 atom stereocenters. The van der Waals surface area contributed by atoms with E-state index in [1.54, 1.807) is 17.0 Å². The van der Waals surface area contributed by atoms with Gasteiger partial charge in [0, 0.05) is 13.1 Å². The van der Waals surface area contributed by atoms with Gasteiger partial charge in [-0.15, -0.1) is 0 Å². The number of carbonyl (C=O) groups is 2. The molecule has 1 aliphatic heterocycles. The van der Waals surface area contributed by atoms with Gasteiger partial charge in [-0.1, -0.05) is 6.07 Å². The maximum atomic E-state index is 11.4. The largest absolute Gasteiger partial charge is 0.493 e. The van der Waals surface area contributed by atoms with Crippen LogP contribution in [0, 0.1) is 0 Å². The molecule has 1 heterocycles. The number of nitrogens with one attached hydrogen (secondary N) is 1. The summed E-state index contributed by atoms with van der Waals surface area (Å²) in [6.45, 7) is 1.84. The van der Waals surface area contributed by atoms with Gasteiger partial charge in [-0.25, -0.2) is 9.59 Å². The van der Waals surface area contributed by atoms with Gasteiger partial charge in [0.1, 0.15) is 12.2 Å². The van der Waals surface area contributed by atoms with E-state index < -0.39 is 5.97 Å². The molecule has 20 heavy (non-hydrogen) atoms. The number of amides is 2. The fourth-order valence-electron chi connectivity index (χ4n) is 1.98. The first-order valence-corrected chi connectivity index (χ1v) is 6.19. The number of carboxylic acid groups (broad SMARTS) is 1. The average molecular weight is 280 g/mol. The normalized spacial score (nSPS) is 14.1. The van der Waals surface area contributed by atoms with E-state index in [1.165, 1.54) is 13.2 Å². The molecule has 1 aliphatic rings. The van der Waals surface area contributed by atoms with E-state index in [9.17, 15) is 9.59 Å². The molecule has 1 saturated heterocycles. The van der Waals surface area contributed by atoms with Crippen molar-refractivity contribution >= 4 is 12.0 Å². The van der Waals surface area contributed by atoms with Crippen LogP contribution >= 0.6 is 0 Å². The van der Waals surface area contributed by atoms with Crippen molar-refractivity contribution in [2.45, 2.75) is 0 Å². The quantitative estimate of drug-likeness (QED) is 0.804. The molecular weight excluding hydrogens is 264 g/mol. The SMILES string of the molecule is COc1cccc(C(=O)O)c1OCCN1CCNC1=O. The molecule has 2 N–H and O–H groups in total. The summed E-state index contributed by atoms with van der Waals surface area (Å²) >= 11 is 0. The number of nitrogens with zero attached hydrogens (tertiary/aromatic N) is 1. The zero-order valence-electron chi connectivity index (χ0n) is 11.1. The minimum atomic E-state index is -1.09. The zero-order chi connectivity index (χ0) is 14.5. The number of methoxy groups -OCH3 is 1. The third-order valence-corrected chi connectivity index (χ3v) is 2.98. The first kappa shape index (κ1) is 14.0. The van der Waals surface area contributed by atoms with E-state index in [2.05, 4.69) is 5.32 Å². The third-order valence-electron chi connectivity index (χ3n) is 2.98. The van der Waals surface area contributed by atoms with Crippen LogP contribution in [0.2, 0.25) is 0 Å². The van der Waals surface area contributed by atoms with Gasteiger partial charge in [0.2, 0.25) is 0 Å². The number of aromatic carboxylic acids is 1. The standard InChI is InChI=1S/C13H16N2O5/c1-19-10-4-2-3-9(12(16)17)11(10)20-8-7-15-6-5-14-13(15)18/h2-4H,5-8H2,1H3,(H,14,18)(H,16,17). The highest BCUT2D eigenvalue weighted by Crippen LogP contribution is 2.31. The lowest BCUT2D eigenvalue weighted by molar-refractivity contribution is 0.0690. The summed E-state index contributed by atoms with van der Waals surface area (Å²) in [5.74, 6) is -0.546. The van der Waals surface area contributed by atoms with Crippen molar-refractivity contribution in [3.8, 4) is 11.5 Å². The number of carbonyl (C=O) groups excluding carboxylic acids is 1. The molecule has 1 aromatic rings. The number of rotatable bonds is 6. The molecule has 0 bridgehead atoms. The lowest BCUT2D eigenvalue weighted by Crippen LogP contribution is -2.32. The van der Waals surface area contributed by atoms with Gasteiger partial charge in [-0.2, -0.15) is 0 Å².